The lowest BCUT2D eigenvalue weighted by atomic mass is 10.1. The quantitative estimate of drug-likeness (QED) is 0.501. The lowest BCUT2D eigenvalue weighted by Crippen LogP contribution is -2.19. The zero-order valence-electron chi connectivity index (χ0n) is 8.00. The van der Waals surface area contributed by atoms with Crippen molar-refractivity contribution in [1.82, 2.24) is 4.72 Å². The van der Waals surface area contributed by atoms with Crippen LogP contribution in [0.5, 0.6) is 0 Å². The predicted octanol–water partition coefficient (Wildman–Crippen LogP) is 1.65. The lowest BCUT2D eigenvalue weighted by Gasteiger charge is -1.99. The number of nitrogens with one attached hydrogen (secondary N) is 1. The fourth-order valence-corrected chi connectivity index (χ4v) is 1.44. The van der Waals surface area contributed by atoms with Crippen LogP contribution in [0.1, 0.15) is 38.5 Å². The van der Waals surface area contributed by atoms with Gasteiger partial charge in [0.1, 0.15) is 0 Å². The Kier molecular flexibility index (Phi) is 7.34. The molecule has 0 rings (SSSR count). The maximum absolute atomic E-state index is 11.9. The number of hydrogen-bond donors (Lipinski definition) is 1. The van der Waals surface area contributed by atoms with Crippen molar-refractivity contribution >= 4 is 10.4 Å². The Morgan fingerprint density at radius 1 is 1.14 bits per heavy atom. The van der Waals surface area contributed by atoms with Gasteiger partial charge in [-0.05, 0) is 12.8 Å². The first-order valence-electron chi connectivity index (χ1n) is 4.62. The Morgan fingerprint density at radius 2 is 1.71 bits per heavy atom. The van der Waals surface area contributed by atoms with E-state index in [0.29, 0.717) is 12.8 Å². The molecular weight excluding hydrogens is 207 g/mol. The average molecular weight is 222 g/mol. The van der Waals surface area contributed by atoms with Crippen LogP contribution < -0.4 is 4.72 Å². The van der Waals surface area contributed by atoms with Crippen LogP contribution in [0.2, 0.25) is 0 Å². The van der Waals surface area contributed by atoms with Crippen LogP contribution in [-0.2, 0) is 10.4 Å². The second-order valence-electron chi connectivity index (χ2n) is 3.01. The summed E-state index contributed by atoms with van der Waals surface area (Å²) in [5.74, 6) is 0. The predicted molar refractivity (Wildman–Crippen MR) is 51.3 cm³/mol. The highest BCUT2D eigenvalue weighted by atomic mass is 32.3. The van der Waals surface area contributed by atoms with Crippen LogP contribution in [-0.4, -0.2) is 15.0 Å². The molecule has 6 heteroatoms. The molecule has 0 saturated heterocycles. The molecule has 0 heterocycles. The van der Waals surface area contributed by atoms with Crippen LogP contribution in [0.3, 0.4) is 0 Å². The normalized spacial score (nSPS) is 11.1. The standard InChI is InChI=1S/C8H15FN2O2S/c9-14(12,13)11-8-6-4-2-1-3-5-7-10/h11H,1-6,8H2. The number of nitrogens with zero attached hydrogens (tertiary/aromatic N) is 1. The summed E-state index contributed by atoms with van der Waals surface area (Å²) in [7, 11) is -4.52. The topological polar surface area (TPSA) is 70.0 Å². The fraction of sp³-hybridized carbons (Fsp3) is 0.875. The van der Waals surface area contributed by atoms with E-state index < -0.39 is 10.4 Å². The summed E-state index contributed by atoms with van der Waals surface area (Å²) in [6, 6.07) is 2.05. The molecule has 1 N–H and O–H groups in total. The number of rotatable bonds is 8. The molecule has 14 heavy (non-hydrogen) atoms. The Bertz CT molecular complexity index is 272. The maximum Gasteiger partial charge on any atom is 0.372 e. The van der Waals surface area contributed by atoms with Crippen LogP contribution in [0, 0.1) is 11.3 Å². The second-order valence-corrected chi connectivity index (χ2v) is 4.17. The van der Waals surface area contributed by atoms with Gasteiger partial charge < -0.3 is 0 Å². The van der Waals surface area contributed by atoms with Crippen LogP contribution in [0.15, 0.2) is 0 Å². The number of unbranched alkanes of at least 4 members (excludes halogenated alkanes) is 5. The van der Waals surface area contributed by atoms with Crippen LogP contribution >= 0.6 is 0 Å². The molecule has 0 aliphatic rings. The van der Waals surface area contributed by atoms with Gasteiger partial charge in [-0.3, -0.25) is 0 Å². The van der Waals surface area contributed by atoms with Crippen molar-refractivity contribution in [3.63, 3.8) is 0 Å². The highest BCUT2D eigenvalue weighted by Crippen LogP contribution is 2.04. The molecule has 0 fully saturated rings. The molecule has 0 spiro atoms. The van der Waals surface area contributed by atoms with Crippen molar-refractivity contribution < 1.29 is 12.3 Å². The van der Waals surface area contributed by atoms with E-state index >= 15 is 0 Å². The van der Waals surface area contributed by atoms with E-state index in [-0.39, 0.29) is 6.54 Å². The molecule has 0 bridgehead atoms. The Morgan fingerprint density at radius 3 is 2.29 bits per heavy atom. The molecular formula is C8H15FN2O2S. The van der Waals surface area contributed by atoms with E-state index in [2.05, 4.69) is 0 Å². The summed E-state index contributed by atoms with van der Waals surface area (Å²) in [5.41, 5.74) is 0. The van der Waals surface area contributed by atoms with Gasteiger partial charge in [-0.1, -0.05) is 23.1 Å². The third-order valence-corrected chi connectivity index (χ3v) is 2.29. The van der Waals surface area contributed by atoms with Crippen molar-refractivity contribution in [2.24, 2.45) is 0 Å². The van der Waals surface area contributed by atoms with Gasteiger partial charge in [-0.2, -0.15) is 18.4 Å². The average Bonchev–Trinajstić information content (AvgIpc) is 2.08. The number of halogens is 1. The summed E-state index contributed by atoms with van der Waals surface area (Å²) >= 11 is 0. The van der Waals surface area contributed by atoms with E-state index in [9.17, 15) is 12.3 Å². The van der Waals surface area contributed by atoms with Crippen molar-refractivity contribution in [3.8, 4) is 6.07 Å². The van der Waals surface area contributed by atoms with E-state index in [0.717, 1.165) is 25.7 Å². The van der Waals surface area contributed by atoms with Gasteiger partial charge in [-0.25, -0.2) is 0 Å². The minimum Gasteiger partial charge on any atom is -0.198 e. The molecule has 82 valence electrons. The highest BCUT2D eigenvalue weighted by Gasteiger charge is 2.02. The Hall–Kier alpha value is -0.670. The first-order chi connectivity index (χ1) is 6.56. The van der Waals surface area contributed by atoms with Crippen LogP contribution in [0.25, 0.3) is 0 Å². The van der Waals surface area contributed by atoms with Crippen molar-refractivity contribution in [2.45, 2.75) is 38.5 Å². The molecule has 0 atom stereocenters. The summed E-state index contributed by atoms with van der Waals surface area (Å²) in [6.45, 7) is 0.150. The van der Waals surface area contributed by atoms with Gasteiger partial charge in [0.15, 0.2) is 0 Å². The monoisotopic (exact) mass is 222 g/mol. The van der Waals surface area contributed by atoms with Crippen molar-refractivity contribution in [2.75, 3.05) is 6.54 Å². The summed E-state index contributed by atoms with van der Waals surface area (Å²) in [4.78, 5) is 0. The number of hydrogen-bond acceptors (Lipinski definition) is 3. The molecule has 0 aliphatic carbocycles. The van der Waals surface area contributed by atoms with Crippen molar-refractivity contribution in [3.05, 3.63) is 0 Å². The lowest BCUT2D eigenvalue weighted by molar-refractivity contribution is 0.528. The summed E-state index contributed by atoms with van der Waals surface area (Å²) < 4.78 is 33.6. The first kappa shape index (κ1) is 13.3. The zero-order valence-corrected chi connectivity index (χ0v) is 8.82. The largest absolute Gasteiger partial charge is 0.372 e. The highest BCUT2D eigenvalue weighted by molar-refractivity contribution is 7.84. The summed E-state index contributed by atoms with van der Waals surface area (Å²) in [5, 5.41) is 8.23. The Balaban J connectivity index is 3.12. The maximum atomic E-state index is 11.9. The molecule has 0 aromatic rings. The van der Waals surface area contributed by atoms with Crippen molar-refractivity contribution in [1.29, 1.82) is 5.26 Å². The Labute approximate surface area is 84.5 Å². The molecule has 0 aliphatic heterocycles. The molecule has 4 nitrogen and oxygen atoms in total. The SMILES string of the molecule is N#CCCCCCCCNS(=O)(=O)F. The third-order valence-electron chi connectivity index (χ3n) is 1.74. The van der Waals surface area contributed by atoms with Gasteiger partial charge in [-0.15, -0.1) is 0 Å². The molecule has 0 saturated carbocycles. The molecule has 0 aromatic heterocycles. The molecule has 0 radical (unpaired) electrons. The van der Waals surface area contributed by atoms with Gasteiger partial charge in [0.25, 0.3) is 0 Å². The van der Waals surface area contributed by atoms with Gasteiger partial charge in [0.2, 0.25) is 0 Å². The third kappa shape index (κ3) is 11.3. The smallest absolute Gasteiger partial charge is 0.198 e. The summed E-state index contributed by atoms with van der Waals surface area (Å²) in [6.07, 6.45) is 4.86. The molecule has 0 amide bonds. The molecule has 0 unspecified atom stereocenters. The number of nitriles is 1. The van der Waals surface area contributed by atoms with E-state index in [1.54, 1.807) is 4.72 Å². The minimum absolute atomic E-state index is 0.150. The van der Waals surface area contributed by atoms with E-state index in [1.807, 2.05) is 6.07 Å². The van der Waals surface area contributed by atoms with Gasteiger partial charge in [0.05, 0.1) is 6.07 Å². The van der Waals surface area contributed by atoms with E-state index in [1.165, 1.54) is 0 Å². The fourth-order valence-electron chi connectivity index (χ4n) is 1.05. The van der Waals surface area contributed by atoms with E-state index in [4.69, 9.17) is 5.26 Å². The van der Waals surface area contributed by atoms with Gasteiger partial charge in [0, 0.05) is 13.0 Å². The van der Waals surface area contributed by atoms with Gasteiger partial charge >= 0.3 is 10.4 Å². The molecule has 0 aromatic carbocycles. The minimum atomic E-state index is -4.52. The van der Waals surface area contributed by atoms with Crippen LogP contribution in [0.4, 0.5) is 3.89 Å². The second kappa shape index (κ2) is 7.71. The first-order valence-corrected chi connectivity index (χ1v) is 6.01. The zero-order chi connectivity index (χ0) is 10.9.